The number of hydrogen-bond donors (Lipinski definition) is 0. The molecule has 2 rings (SSSR count). The van der Waals surface area contributed by atoms with Crippen LogP contribution < -0.4 is 0 Å². The molecule has 2 aromatic rings. The van der Waals surface area contributed by atoms with Gasteiger partial charge in [0, 0.05) is 11.1 Å². The van der Waals surface area contributed by atoms with Gasteiger partial charge < -0.3 is 0 Å². The van der Waals surface area contributed by atoms with Crippen LogP contribution in [-0.4, -0.2) is 6.29 Å². The van der Waals surface area contributed by atoms with Gasteiger partial charge in [0.1, 0.15) is 12.1 Å². The second kappa shape index (κ2) is 4.84. The number of rotatable bonds is 2. The monoisotopic (exact) mass is 268 g/mol. The van der Waals surface area contributed by atoms with E-state index in [9.17, 15) is 22.4 Å². The molecule has 0 spiro atoms. The van der Waals surface area contributed by atoms with Crippen LogP contribution in [0.3, 0.4) is 0 Å². The van der Waals surface area contributed by atoms with Crippen LogP contribution in [0.4, 0.5) is 17.6 Å². The summed E-state index contributed by atoms with van der Waals surface area (Å²) in [4.78, 5) is 10.5. The Morgan fingerprint density at radius 1 is 0.947 bits per heavy atom. The summed E-state index contributed by atoms with van der Waals surface area (Å²) < 4.78 is 50.8. The van der Waals surface area contributed by atoms with E-state index in [0.717, 1.165) is 18.2 Å². The Hall–Kier alpha value is -2.17. The molecular formula is C14H8F4O. The summed E-state index contributed by atoms with van der Waals surface area (Å²) in [6.45, 7) is 0. The molecule has 19 heavy (non-hydrogen) atoms. The maximum absolute atomic E-state index is 13.7. The molecule has 5 heteroatoms. The number of hydrogen-bond acceptors (Lipinski definition) is 1. The van der Waals surface area contributed by atoms with Crippen LogP contribution in [0, 0.1) is 5.82 Å². The van der Waals surface area contributed by atoms with Crippen molar-refractivity contribution in [3.05, 3.63) is 59.4 Å². The normalized spacial score (nSPS) is 11.4. The van der Waals surface area contributed by atoms with Gasteiger partial charge in [-0.2, -0.15) is 13.2 Å². The first-order chi connectivity index (χ1) is 8.91. The Balaban J connectivity index is 2.40. The van der Waals surface area contributed by atoms with Crippen LogP contribution in [0.5, 0.6) is 0 Å². The van der Waals surface area contributed by atoms with Crippen molar-refractivity contribution in [3.8, 4) is 11.1 Å². The van der Waals surface area contributed by atoms with E-state index in [1.165, 1.54) is 24.3 Å². The summed E-state index contributed by atoms with van der Waals surface area (Å²) in [7, 11) is 0. The van der Waals surface area contributed by atoms with Crippen LogP contribution in [-0.2, 0) is 6.18 Å². The number of alkyl halides is 3. The highest BCUT2D eigenvalue weighted by atomic mass is 19.4. The first-order valence-corrected chi connectivity index (χ1v) is 5.34. The molecule has 2 aromatic carbocycles. The zero-order chi connectivity index (χ0) is 14.0. The zero-order valence-electron chi connectivity index (χ0n) is 9.54. The summed E-state index contributed by atoms with van der Waals surface area (Å²) in [5.41, 5.74) is -0.142. The van der Waals surface area contributed by atoms with Gasteiger partial charge in [0.2, 0.25) is 0 Å². The van der Waals surface area contributed by atoms with Crippen LogP contribution in [0.25, 0.3) is 11.1 Å². The molecule has 0 saturated heterocycles. The molecule has 0 radical (unpaired) electrons. The van der Waals surface area contributed by atoms with Crippen LogP contribution in [0.15, 0.2) is 42.5 Å². The van der Waals surface area contributed by atoms with Crippen LogP contribution >= 0.6 is 0 Å². The standard InChI is InChI=1S/C14H8F4O/c15-13-7-9(8-19)1-6-12(13)10-2-4-11(5-3-10)14(16,17)18/h1-8H. The lowest BCUT2D eigenvalue weighted by Crippen LogP contribution is -2.04. The van der Waals surface area contributed by atoms with Crippen LogP contribution in [0.2, 0.25) is 0 Å². The lowest BCUT2D eigenvalue weighted by molar-refractivity contribution is -0.137. The lowest BCUT2D eigenvalue weighted by atomic mass is 10.0. The topological polar surface area (TPSA) is 17.1 Å². The number of benzene rings is 2. The zero-order valence-corrected chi connectivity index (χ0v) is 9.54. The van der Waals surface area contributed by atoms with E-state index in [1.54, 1.807) is 0 Å². The van der Waals surface area contributed by atoms with Gasteiger partial charge in [-0.05, 0) is 23.8 Å². The fourth-order valence-corrected chi connectivity index (χ4v) is 1.68. The van der Waals surface area contributed by atoms with E-state index in [1.807, 2.05) is 0 Å². The molecule has 0 aliphatic rings. The number of carbonyl (C=O) groups excluding carboxylic acids is 1. The third-order valence-electron chi connectivity index (χ3n) is 2.65. The van der Waals surface area contributed by atoms with E-state index in [-0.39, 0.29) is 11.1 Å². The predicted molar refractivity (Wildman–Crippen MR) is 62.2 cm³/mol. The fraction of sp³-hybridized carbons (Fsp3) is 0.0714. The quantitative estimate of drug-likeness (QED) is 0.585. The molecule has 0 aliphatic heterocycles. The van der Waals surface area contributed by atoms with Gasteiger partial charge in [0.05, 0.1) is 5.56 Å². The van der Waals surface area contributed by atoms with Gasteiger partial charge in [0.25, 0.3) is 0 Å². The fourth-order valence-electron chi connectivity index (χ4n) is 1.68. The molecule has 1 nitrogen and oxygen atoms in total. The molecule has 0 aromatic heterocycles. The first kappa shape index (κ1) is 13.3. The van der Waals surface area contributed by atoms with Gasteiger partial charge >= 0.3 is 6.18 Å². The molecule has 0 heterocycles. The van der Waals surface area contributed by atoms with Crippen molar-refractivity contribution in [2.24, 2.45) is 0 Å². The summed E-state index contributed by atoms with van der Waals surface area (Å²) in [5, 5.41) is 0. The van der Waals surface area contributed by atoms with E-state index in [4.69, 9.17) is 0 Å². The van der Waals surface area contributed by atoms with Gasteiger partial charge in [-0.3, -0.25) is 4.79 Å². The van der Waals surface area contributed by atoms with Crippen molar-refractivity contribution < 1.29 is 22.4 Å². The largest absolute Gasteiger partial charge is 0.416 e. The molecule has 0 amide bonds. The van der Waals surface area contributed by atoms with Crippen molar-refractivity contribution >= 4 is 6.29 Å². The summed E-state index contributed by atoms with van der Waals surface area (Å²) >= 11 is 0. The Morgan fingerprint density at radius 2 is 1.58 bits per heavy atom. The van der Waals surface area contributed by atoms with Gasteiger partial charge in [-0.1, -0.05) is 24.3 Å². The number of halogens is 4. The van der Waals surface area contributed by atoms with Gasteiger partial charge in [-0.25, -0.2) is 4.39 Å². The SMILES string of the molecule is O=Cc1ccc(-c2ccc(C(F)(F)F)cc2)c(F)c1. The molecule has 0 unspecified atom stereocenters. The summed E-state index contributed by atoms with van der Waals surface area (Å²) in [6.07, 6.45) is -3.92. The molecular weight excluding hydrogens is 260 g/mol. The van der Waals surface area contributed by atoms with E-state index >= 15 is 0 Å². The average Bonchev–Trinajstić information content (AvgIpc) is 2.37. The van der Waals surface area contributed by atoms with Gasteiger partial charge in [0.15, 0.2) is 0 Å². The Morgan fingerprint density at radius 3 is 2.05 bits per heavy atom. The minimum Gasteiger partial charge on any atom is -0.298 e. The molecule has 0 atom stereocenters. The minimum atomic E-state index is -4.42. The Bertz CT molecular complexity index is 600. The van der Waals surface area contributed by atoms with Crippen molar-refractivity contribution in [2.45, 2.75) is 6.18 Å². The third-order valence-corrected chi connectivity index (χ3v) is 2.65. The smallest absolute Gasteiger partial charge is 0.298 e. The van der Waals surface area contributed by atoms with Gasteiger partial charge in [-0.15, -0.1) is 0 Å². The van der Waals surface area contributed by atoms with E-state index in [0.29, 0.717) is 11.8 Å². The molecule has 0 aliphatic carbocycles. The summed E-state index contributed by atoms with van der Waals surface area (Å²) in [5.74, 6) is -0.649. The van der Waals surface area contributed by atoms with E-state index in [2.05, 4.69) is 0 Å². The predicted octanol–water partition coefficient (Wildman–Crippen LogP) is 4.32. The minimum absolute atomic E-state index is 0.152. The molecule has 0 fully saturated rings. The average molecular weight is 268 g/mol. The molecule has 0 bridgehead atoms. The molecule has 98 valence electrons. The highest BCUT2D eigenvalue weighted by Crippen LogP contribution is 2.31. The maximum atomic E-state index is 13.7. The molecule has 0 saturated carbocycles. The Kier molecular flexibility index (Phi) is 3.38. The first-order valence-electron chi connectivity index (χ1n) is 5.34. The second-order valence-electron chi connectivity index (χ2n) is 3.93. The summed E-state index contributed by atoms with van der Waals surface area (Å²) in [6, 6.07) is 7.99. The number of aldehydes is 1. The van der Waals surface area contributed by atoms with Crippen molar-refractivity contribution in [1.29, 1.82) is 0 Å². The Labute approximate surface area is 106 Å². The van der Waals surface area contributed by atoms with Crippen molar-refractivity contribution in [3.63, 3.8) is 0 Å². The highest BCUT2D eigenvalue weighted by molar-refractivity contribution is 5.77. The highest BCUT2D eigenvalue weighted by Gasteiger charge is 2.30. The molecule has 0 N–H and O–H groups in total. The second-order valence-corrected chi connectivity index (χ2v) is 3.93. The van der Waals surface area contributed by atoms with Crippen LogP contribution in [0.1, 0.15) is 15.9 Å². The number of carbonyl (C=O) groups is 1. The maximum Gasteiger partial charge on any atom is 0.416 e. The van der Waals surface area contributed by atoms with Crippen molar-refractivity contribution in [2.75, 3.05) is 0 Å². The lowest BCUT2D eigenvalue weighted by Gasteiger charge is -2.08. The van der Waals surface area contributed by atoms with Crippen molar-refractivity contribution in [1.82, 2.24) is 0 Å². The van der Waals surface area contributed by atoms with E-state index < -0.39 is 17.6 Å². The third kappa shape index (κ3) is 2.81.